The highest BCUT2D eigenvalue weighted by Gasteiger charge is 2.17. The fourth-order valence-corrected chi connectivity index (χ4v) is 3.24. The summed E-state index contributed by atoms with van der Waals surface area (Å²) in [6, 6.07) is 9.54. The number of carbonyl (C=O) groups excluding carboxylic acids is 1. The molecule has 2 heterocycles. The standard InChI is InChI=1S/C20H20ClN5O/c1-12(2)25-20(27)24-10-13-6-14(11-23-9-13)19-17(8-22)16-5-4-15(21)7-18(16)26(19)3/h4-7,9,11-12H,10H2,1-3H3,(H2,24,25,27). The molecule has 0 saturated carbocycles. The molecule has 138 valence electrons. The summed E-state index contributed by atoms with van der Waals surface area (Å²) in [4.78, 5) is 16.1. The van der Waals surface area contributed by atoms with Crippen molar-refractivity contribution >= 4 is 28.5 Å². The Morgan fingerprint density at radius 1 is 1.33 bits per heavy atom. The number of amides is 2. The first kappa shape index (κ1) is 18.7. The number of fused-ring (bicyclic) bond motifs is 1. The number of urea groups is 1. The van der Waals surface area contributed by atoms with E-state index >= 15 is 0 Å². The lowest BCUT2D eigenvalue weighted by Crippen LogP contribution is -2.39. The Hall–Kier alpha value is -3.04. The molecule has 0 aliphatic carbocycles. The van der Waals surface area contributed by atoms with Gasteiger partial charge in [-0.1, -0.05) is 11.6 Å². The molecule has 2 aromatic heterocycles. The maximum atomic E-state index is 11.8. The van der Waals surface area contributed by atoms with Gasteiger partial charge in [0.25, 0.3) is 0 Å². The van der Waals surface area contributed by atoms with Gasteiger partial charge in [-0.25, -0.2) is 4.79 Å². The molecule has 1 aromatic carbocycles. The molecule has 0 aliphatic rings. The van der Waals surface area contributed by atoms with Crippen molar-refractivity contribution in [3.05, 3.63) is 52.8 Å². The van der Waals surface area contributed by atoms with Gasteiger partial charge in [-0.15, -0.1) is 0 Å². The van der Waals surface area contributed by atoms with E-state index in [4.69, 9.17) is 11.6 Å². The smallest absolute Gasteiger partial charge is 0.315 e. The van der Waals surface area contributed by atoms with Gasteiger partial charge in [-0.3, -0.25) is 4.98 Å². The van der Waals surface area contributed by atoms with Crippen LogP contribution in [0.3, 0.4) is 0 Å². The molecule has 0 saturated heterocycles. The molecule has 2 N–H and O–H groups in total. The molecule has 0 atom stereocenters. The zero-order chi connectivity index (χ0) is 19.6. The maximum absolute atomic E-state index is 11.8. The van der Waals surface area contributed by atoms with Gasteiger partial charge in [0, 0.05) is 48.0 Å². The van der Waals surface area contributed by atoms with Crippen molar-refractivity contribution in [3.8, 4) is 17.3 Å². The first-order valence-corrected chi connectivity index (χ1v) is 8.95. The third-order valence-corrected chi connectivity index (χ3v) is 4.45. The van der Waals surface area contributed by atoms with Crippen LogP contribution in [0.1, 0.15) is 25.0 Å². The minimum Gasteiger partial charge on any atom is -0.342 e. The first-order valence-electron chi connectivity index (χ1n) is 8.57. The Morgan fingerprint density at radius 2 is 2.11 bits per heavy atom. The highest BCUT2D eigenvalue weighted by Crippen LogP contribution is 2.33. The van der Waals surface area contributed by atoms with E-state index in [1.165, 1.54) is 0 Å². The largest absolute Gasteiger partial charge is 0.342 e. The van der Waals surface area contributed by atoms with Crippen LogP contribution in [0.5, 0.6) is 0 Å². The molecular formula is C20H20ClN5O. The fourth-order valence-electron chi connectivity index (χ4n) is 3.07. The number of nitrogens with zero attached hydrogens (tertiary/aromatic N) is 3. The molecule has 0 fully saturated rings. The molecule has 3 aromatic rings. The molecule has 0 spiro atoms. The van der Waals surface area contributed by atoms with Crippen molar-refractivity contribution in [2.24, 2.45) is 7.05 Å². The summed E-state index contributed by atoms with van der Waals surface area (Å²) in [5.41, 5.74) is 3.89. The third-order valence-electron chi connectivity index (χ3n) is 4.22. The van der Waals surface area contributed by atoms with Crippen LogP contribution in [-0.2, 0) is 13.6 Å². The summed E-state index contributed by atoms with van der Waals surface area (Å²) >= 11 is 6.12. The molecular weight excluding hydrogens is 362 g/mol. The van der Waals surface area contributed by atoms with Crippen molar-refractivity contribution in [1.29, 1.82) is 5.26 Å². The van der Waals surface area contributed by atoms with Crippen LogP contribution >= 0.6 is 11.6 Å². The summed E-state index contributed by atoms with van der Waals surface area (Å²) in [7, 11) is 1.90. The van der Waals surface area contributed by atoms with E-state index in [1.807, 2.05) is 43.7 Å². The number of aryl methyl sites for hydroxylation is 1. The number of carbonyl (C=O) groups is 1. The normalized spacial score (nSPS) is 10.8. The molecule has 0 radical (unpaired) electrons. The SMILES string of the molecule is CC(C)NC(=O)NCc1cncc(-c2c(C#N)c3ccc(Cl)cc3n2C)c1. The van der Waals surface area contributed by atoms with Crippen LogP contribution in [0.4, 0.5) is 4.79 Å². The number of pyridine rings is 1. The number of hydrogen-bond acceptors (Lipinski definition) is 3. The average Bonchev–Trinajstić information content (AvgIpc) is 2.91. The quantitative estimate of drug-likeness (QED) is 0.717. The number of nitriles is 1. The minimum atomic E-state index is -0.229. The number of hydrogen-bond donors (Lipinski definition) is 2. The van der Waals surface area contributed by atoms with Crippen molar-refractivity contribution < 1.29 is 4.79 Å². The molecule has 7 heteroatoms. The summed E-state index contributed by atoms with van der Waals surface area (Å²) in [6.45, 7) is 4.14. The molecule has 3 rings (SSSR count). The highest BCUT2D eigenvalue weighted by molar-refractivity contribution is 6.31. The van der Waals surface area contributed by atoms with E-state index < -0.39 is 0 Å². The molecule has 2 amide bonds. The predicted octanol–water partition coefficient (Wildman–Crippen LogP) is 3.97. The van der Waals surface area contributed by atoms with Gasteiger partial charge in [0.1, 0.15) is 6.07 Å². The van der Waals surface area contributed by atoms with Crippen molar-refractivity contribution in [1.82, 2.24) is 20.2 Å². The lowest BCUT2D eigenvalue weighted by atomic mass is 10.1. The van der Waals surface area contributed by atoms with E-state index in [2.05, 4.69) is 21.7 Å². The van der Waals surface area contributed by atoms with Crippen LogP contribution in [0.2, 0.25) is 5.02 Å². The van der Waals surface area contributed by atoms with Gasteiger partial charge < -0.3 is 15.2 Å². The van der Waals surface area contributed by atoms with Gasteiger partial charge in [0.05, 0.1) is 16.8 Å². The molecule has 0 aliphatic heterocycles. The second-order valence-electron chi connectivity index (χ2n) is 6.62. The molecule has 27 heavy (non-hydrogen) atoms. The van der Waals surface area contributed by atoms with Crippen molar-refractivity contribution in [2.75, 3.05) is 0 Å². The van der Waals surface area contributed by atoms with Crippen molar-refractivity contribution in [3.63, 3.8) is 0 Å². The first-order chi connectivity index (χ1) is 12.9. The zero-order valence-electron chi connectivity index (χ0n) is 15.4. The van der Waals surface area contributed by atoms with Crippen LogP contribution in [0.25, 0.3) is 22.2 Å². The number of rotatable bonds is 4. The van der Waals surface area contributed by atoms with E-state index in [0.29, 0.717) is 17.1 Å². The lowest BCUT2D eigenvalue weighted by molar-refractivity contribution is 0.238. The van der Waals surface area contributed by atoms with E-state index in [9.17, 15) is 10.1 Å². The number of halogens is 1. The summed E-state index contributed by atoms with van der Waals surface area (Å²) in [5, 5.41) is 16.8. The molecule has 0 unspecified atom stereocenters. The molecule has 0 bridgehead atoms. The van der Waals surface area contributed by atoms with Gasteiger partial charge >= 0.3 is 6.03 Å². The third kappa shape index (κ3) is 3.88. The van der Waals surface area contributed by atoms with Crippen LogP contribution < -0.4 is 10.6 Å². The Labute approximate surface area is 162 Å². The van der Waals surface area contributed by atoms with Gasteiger partial charge in [-0.2, -0.15) is 5.26 Å². The minimum absolute atomic E-state index is 0.0651. The van der Waals surface area contributed by atoms with Gasteiger partial charge in [-0.05, 0) is 43.7 Å². The highest BCUT2D eigenvalue weighted by atomic mass is 35.5. The summed E-state index contributed by atoms with van der Waals surface area (Å²) in [6.07, 6.45) is 3.42. The number of benzene rings is 1. The van der Waals surface area contributed by atoms with Crippen molar-refractivity contribution in [2.45, 2.75) is 26.4 Å². The van der Waals surface area contributed by atoms with E-state index in [-0.39, 0.29) is 12.1 Å². The second kappa shape index (κ2) is 7.68. The number of nitrogens with one attached hydrogen (secondary N) is 2. The average molecular weight is 382 g/mol. The Bertz CT molecular complexity index is 1050. The van der Waals surface area contributed by atoms with Gasteiger partial charge in [0.15, 0.2) is 0 Å². The summed E-state index contributed by atoms with van der Waals surface area (Å²) in [5.74, 6) is 0. The Morgan fingerprint density at radius 3 is 2.81 bits per heavy atom. The maximum Gasteiger partial charge on any atom is 0.315 e. The van der Waals surface area contributed by atoms with Crippen LogP contribution in [0, 0.1) is 11.3 Å². The second-order valence-corrected chi connectivity index (χ2v) is 7.06. The Kier molecular flexibility index (Phi) is 5.33. The monoisotopic (exact) mass is 381 g/mol. The van der Waals surface area contributed by atoms with E-state index in [0.717, 1.165) is 27.7 Å². The van der Waals surface area contributed by atoms with Gasteiger partial charge in [0.2, 0.25) is 0 Å². The predicted molar refractivity (Wildman–Crippen MR) is 106 cm³/mol. The van der Waals surface area contributed by atoms with Crippen LogP contribution in [0.15, 0.2) is 36.7 Å². The van der Waals surface area contributed by atoms with Crippen LogP contribution in [-0.4, -0.2) is 21.6 Å². The molecule has 6 nitrogen and oxygen atoms in total. The fraction of sp³-hybridized carbons (Fsp3) is 0.250. The Balaban J connectivity index is 1.97. The zero-order valence-corrected chi connectivity index (χ0v) is 16.1. The van der Waals surface area contributed by atoms with E-state index in [1.54, 1.807) is 18.5 Å². The lowest BCUT2D eigenvalue weighted by Gasteiger charge is -2.11. The topological polar surface area (TPSA) is 82.7 Å². The number of aromatic nitrogens is 2. The summed E-state index contributed by atoms with van der Waals surface area (Å²) < 4.78 is 1.94.